The van der Waals surface area contributed by atoms with Gasteiger partial charge >= 0.3 is 0 Å². The third-order valence-corrected chi connectivity index (χ3v) is 5.63. The van der Waals surface area contributed by atoms with E-state index in [0.29, 0.717) is 10.9 Å². The molecule has 0 aliphatic heterocycles. The van der Waals surface area contributed by atoms with Crippen molar-refractivity contribution in [3.8, 4) is 28.1 Å². The molecular weight excluding hydrogens is 404 g/mol. The standard InChI is InChI=1S/C26H24N2O2S/c1-2-6-19-9-15-23(16-10-19)30-17-25(29)28-26-27-24(18-31-26)22-13-11-21(12-14-22)20-7-4-3-5-8-20/h3-5,7-16,18H,2,6,17H2,1H3,(H,27,28,29). The Hall–Kier alpha value is -3.44. The average molecular weight is 429 g/mol. The van der Waals surface area contributed by atoms with Gasteiger partial charge in [-0.2, -0.15) is 0 Å². The van der Waals surface area contributed by atoms with E-state index in [-0.39, 0.29) is 12.5 Å². The number of nitrogens with one attached hydrogen (secondary N) is 1. The van der Waals surface area contributed by atoms with Crippen LogP contribution in [0.4, 0.5) is 5.13 Å². The molecule has 0 aliphatic carbocycles. The van der Waals surface area contributed by atoms with Gasteiger partial charge in [0.2, 0.25) is 0 Å². The SMILES string of the molecule is CCCc1ccc(OCC(=O)Nc2nc(-c3ccc(-c4ccccc4)cc3)cs2)cc1. The maximum absolute atomic E-state index is 12.2. The van der Waals surface area contributed by atoms with Gasteiger partial charge in [0.15, 0.2) is 11.7 Å². The first kappa shape index (κ1) is 20.8. The topological polar surface area (TPSA) is 51.2 Å². The quantitative estimate of drug-likeness (QED) is 0.351. The normalized spacial score (nSPS) is 10.6. The molecule has 1 N–H and O–H groups in total. The number of aryl methyl sites for hydroxylation is 1. The average Bonchev–Trinajstić information content (AvgIpc) is 3.28. The number of aromatic nitrogens is 1. The molecule has 0 saturated carbocycles. The number of ether oxygens (including phenoxy) is 1. The molecule has 0 spiro atoms. The van der Waals surface area contributed by atoms with Gasteiger partial charge in [0.05, 0.1) is 5.69 Å². The molecule has 1 heterocycles. The molecule has 1 aromatic heterocycles. The Kier molecular flexibility index (Phi) is 6.75. The number of rotatable bonds is 8. The lowest BCUT2D eigenvalue weighted by atomic mass is 10.0. The fourth-order valence-electron chi connectivity index (χ4n) is 3.27. The summed E-state index contributed by atoms with van der Waals surface area (Å²) in [6, 6.07) is 26.4. The van der Waals surface area contributed by atoms with E-state index in [0.717, 1.165) is 29.7 Å². The van der Waals surface area contributed by atoms with Gasteiger partial charge in [0, 0.05) is 10.9 Å². The van der Waals surface area contributed by atoms with Gasteiger partial charge in [-0.1, -0.05) is 80.1 Å². The Balaban J connectivity index is 1.32. The number of amides is 1. The molecule has 0 aliphatic rings. The molecule has 0 fully saturated rings. The minimum atomic E-state index is -0.224. The van der Waals surface area contributed by atoms with E-state index in [9.17, 15) is 4.79 Å². The van der Waals surface area contributed by atoms with E-state index < -0.39 is 0 Å². The number of hydrogen-bond donors (Lipinski definition) is 1. The number of thiazole rings is 1. The zero-order valence-electron chi connectivity index (χ0n) is 17.4. The zero-order valence-corrected chi connectivity index (χ0v) is 18.2. The first-order chi connectivity index (χ1) is 15.2. The highest BCUT2D eigenvalue weighted by Crippen LogP contribution is 2.27. The van der Waals surface area contributed by atoms with E-state index in [4.69, 9.17) is 4.74 Å². The lowest BCUT2D eigenvalue weighted by Gasteiger charge is -2.07. The Morgan fingerprint density at radius 3 is 2.29 bits per heavy atom. The van der Waals surface area contributed by atoms with Crippen molar-refractivity contribution >= 4 is 22.4 Å². The van der Waals surface area contributed by atoms with Crippen molar-refractivity contribution in [3.05, 3.63) is 89.8 Å². The smallest absolute Gasteiger partial charge is 0.264 e. The van der Waals surface area contributed by atoms with Crippen molar-refractivity contribution < 1.29 is 9.53 Å². The van der Waals surface area contributed by atoms with Crippen LogP contribution in [0.2, 0.25) is 0 Å². The Morgan fingerprint density at radius 2 is 1.58 bits per heavy atom. The van der Waals surface area contributed by atoms with Crippen molar-refractivity contribution in [1.82, 2.24) is 4.98 Å². The maximum atomic E-state index is 12.2. The molecule has 0 radical (unpaired) electrons. The highest BCUT2D eigenvalue weighted by atomic mass is 32.1. The lowest BCUT2D eigenvalue weighted by molar-refractivity contribution is -0.118. The van der Waals surface area contributed by atoms with Crippen molar-refractivity contribution in [1.29, 1.82) is 0 Å². The van der Waals surface area contributed by atoms with E-state index in [1.54, 1.807) is 0 Å². The van der Waals surface area contributed by atoms with Gasteiger partial charge in [-0.25, -0.2) is 4.98 Å². The van der Waals surface area contributed by atoms with Crippen molar-refractivity contribution in [2.45, 2.75) is 19.8 Å². The molecule has 3 aromatic carbocycles. The van der Waals surface area contributed by atoms with Crippen molar-refractivity contribution in [3.63, 3.8) is 0 Å². The van der Waals surface area contributed by atoms with Crippen molar-refractivity contribution in [2.24, 2.45) is 0 Å². The molecule has 0 unspecified atom stereocenters. The maximum Gasteiger partial charge on any atom is 0.264 e. The predicted molar refractivity (Wildman–Crippen MR) is 128 cm³/mol. The molecule has 156 valence electrons. The Morgan fingerprint density at radius 1 is 0.903 bits per heavy atom. The zero-order chi connectivity index (χ0) is 21.5. The minimum Gasteiger partial charge on any atom is -0.484 e. The van der Waals surface area contributed by atoms with Crippen LogP contribution in [0.5, 0.6) is 5.75 Å². The molecule has 31 heavy (non-hydrogen) atoms. The van der Waals surface area contributed by atoms with E-state index >= 15 is 0 Å². The summed E-state index contributed by atoms with van der Waals surface area (Å²) in [4.78, 5) is 16.8. The second kappa shape index (κ2) is 10.0. The van der Waals surface area contributed by atoms with E-state index in [1.165, 1.54) is 22.5 Å². The summed E-state index contributed by atoms with van der Waals surface area (Å²) in [6.07, 6.45) is 2.15. The summed E-state index contributed by atoms with van der Waals surface area (Å²) in [5.41, 5.74) is 5.46. The second-order valence-corrected chi connectivity index (χ2v) is 8.07. The number of hydrogen-bond acceptors (Lipinski definition) is 4. The predicted octanol–water partition coefficient (Wildman–Crippen LogP) is 6.45. The summed E-state index contributed by atoms with van der Waals surface area (Å²) >= 11 is 1.40. The van der Waals surface area contributed by atoms with Crippen LogP contribution in [0.15, 0.2) is 84.2 Å². The fourth-order valence-corrected chi connectivity index (χ4v) is 4.01. The molecule has 0 atom stereocenters. The Labute approximate surface area is 186 Å². The second-order valence-electron chi connectivity index (χ2n) is 7.21. The first-order valence-corrected chi connectivity index (χ1v) is 11.2. The summed E-state index contributed by atoms with van der Waals surface area (Å²) in [5.74, 6) is 0.464. The highest BCUT2D eigenvalue weighted by molar-refractivity contribution is 7.14. The number of carbonyl (C=O) groups is 1. The highest BCUT2D eigenvalue weighted by Gasteiger charge is 2.09. The van der Waals surface area contributed by atoms with E-state index in [1.807, 2.05) is 60.0 Å². The number of nitrogens with zero attached hydrogens (tertiary/aromatic N) is 1. The number of anilines is 1. The van der Waals surface area contributed by atoms with Gasteiger partial charge in [-0.05, 0) is 35.2 Å². The van der Waals surface area contributed by atoms with Crippen LogP contribution in [-0.2, 0) is 11.2 Å². The van der Waals surface area contributed by atoms with Gasteiger partial charge < -0.3 is 4.74 Å². The molecule has 0 saturated heterocycles. The fraction of sp³-hybridized carbons (Fsp3) is 0.154. The van der Waals surface area contributed by atoms with Crippen LogP contribution in [0.1, 0.15) is 18.9 Å². The molecular formula is C26H24N2O2S. The monoisotopic (exact) mass is 428 g/mol. The third kappa shape index (κ3) is 5.58. The summed E-state index contributed by atoms with van der Waals surface area (Å²) in [7, 11) is 0. The van der Waals surface area contributed by atoms with Crippen LogP contribution in [0.3, 0.4) is 0 Å². The first-order valence-electron chi connectivity index (χ1n) is 10.3. The van der Waals surface area contributed by atoms with Gasteiger partial charge in [-0.3, -0.25) is 10.1 Å². The molecule has 0 bridgehead atoms. The summed E-state index contributed by atoms with van der Waals surface area (Å²) < 4.78 is 5.58. The Bertz CT molecular complexity index is 1120. The number of carbonyl (C=O) groups excluding carboxylic acids is 1. The summed E-state index contributed by atoms with van der Waals surface area (Å²) in [5, 5.41) is 5.32. The molecule has 4 rings (SSSR count). The van der Waals surface area contributed by atoms with Gasteiger partial charge in [0.1, 0.15) is 5.75 Å². The van der Waals surface area contributed by atoms with Gasteiger partial charge in [-0.15, -0.1) is 11.3 Å². The summed E-state index contributed by atoms with van der Waals surface area (Å²) in [6.45, 7) is 2.10. The molecule has 5 heteroatoms. The largest absolute Gasteiger partial charge is 0.484 e. The van der Waals surface area contributed by atoms with Crippen LogP contribution in [-0.4, -0.2) is 17.5 Å². The van der Waals surface area contributed by atoms with Crippen LogP contribution in [0, 0.1) is 0 Å². The van der Waals surface area contributed by atoms with Crippen LogP contribution >= 0.6 is 11.3 Å². The van der Waals surface area contributed by atoms with Crippen LogP contribution in [0.25, 0.3) is 22.4 Å². The third-order valence-electron chi connectivity index (χ3n) is 4.87. The van der Waals surface area contributed by atoms with E-state index in [2.05, 4.69) is 41.5 Å². The van der Waals surface area contributed by atoms with Crippen molar-refractivity contribution in [2.75, 3.05) is 11.9 Å². The molecule has 4 aromatic rings. The lowest BCUT2D eigenvalue weighted by Crippen LogP contribution is -2.20. The molecule has 4 nitrogen and oxygen atoms in total. The number of benzene rings is 3. The van der Waals surface area contributed by atoms with Crippen LogP contribution < -0.4 is 10.1 Å². The minimum absolute atomic E-state index is 0.0478. The van der Waals surface area contributed by atoms with Gasteiger partial charge in [0.25, 0.3) is 5.91 Å². The molecule has 1 amide bonds.